The molecule has 1 aromatic rings. The lowest BCUT2D eigenvalue weighted by atomic mass is 10.2. The number of nitrogens with one attached hydrogen (secondary N) is 1. The predicted octanol–water partition coefficient (Wildman–Crippen LogP) is 2.43. The molecule has 17 heavy (non-hydrogen) atoms. The van der Waals surface area contributed by atoms with E-state index in [9.17, 15) is 9.18 Å². The third-order valence-corrected chi connectivity index (χ3v) is 2.36. The first kappa shape index (κ1) is 13.5. The number of carbonyl (C=O) groups is 1. The van der Waals surface area contributed by atoms with Crippen molar-refractivity contribution >= 4 is 5.91 Å². The van der Waals surface area contributed by atoms with E-state index in [1.807, 2.05) is 6.92 Å². The average Bonchev–Trinajstić information content (AvgIpc) is 2.31. The van der Waals surface area contributed by atoms with Gasteiger partial charge < -0.3 is 10.1 Å². The Morgan fingerprint density at radius 2 is 2.24 bits per heavy atom. The normalized spacial score (nSPS) is 10.1. The number of halogens is 1. The summed E-state index contributed by atoms with van der Waals surface area (Å²) in [5.74, 6) is -0.130. The van der Waals surface area contributed by atoms with Crippen molar-refractivity contribution in [3.8, 4) is 5.75 Å². The molecule has 0 bridgehead atoms. The summed E-state index contributed by atoms with van der Waals surface area (Å²) >= 11 is 0. The third kappa shape index (κ3) is 4.85. The number of hydrogen-bond donors (Lipinski definition) is 1. The molecule has 1 aromatic carbocycles. The summed E-state index contributed by atoms with van der Waals surface area (Å²) in [7, 11) is 0. The molecule has 4 heteroatoms. The fourth-order valence-corrected chi connectivity index (χ4v) is 1.33. The largest absolute Gasteiger partial charge is 0.483 e. The first-order chi connectivity index (χ1) is 8.13. The van der Waals surface area contributed by atoms with E-state index in [0.717, 1.165) is 18.4 Å². The van der Waals surface area contributed by atoms with Crippen LogP contribution in [0.2, 0.25) is 0 Å². The smallest absolute Gasteiger partial charge is 0.257 e. The van der Waals surface area contributed by atoms with Gasteiger partial charge in [0.2, 0.25) is 0 Å². The lowest BCUT2D eigenvalue weighted by molar-refractivity contribution is -0.123. The van der Waals surface area contributed by atoms with Crippen molar-refractivity contribution in [3.63, 3.8) is 0 Å². The Labute approximate surface area is 101 Å². The summed E-state index contributed by atoms with van der Waals surface area (Å²) in [5, 5.41) is 2.73. The van der Waals surface area contributed by atoms with Crippen LogP contribution in [0.25, 0.3) is 0 Å². The van der Waals surface area contributed by atoms with Gasteiger partial charge in [0.15, 0.2) is 6.61 Å². The van der Waals surface area contributed by atoms with Gasteiger partial charge in [0.1, 0.15) is 11.6 Å². The molecule has 0 aliphatic carbocycles. The molecule has 1 amide bonds. The van der Waals surface area contributed by atoms with Crippen LogP contribution in [0.3, 0.4) is 0 Å². The zero-order valence-corrected chi connectivity index (χ0v) is 10.3. The van der Waals surface area contributed by atoms with E-state index < -0.39 is 0 Å². The Balaban J connectivity index is 2.39. The van der Waals surface area contributed by atoms with Crippen LogP contribution in [0.4, 0.5) is 4.39 Å². The van der Waals surface area contributed by atoms with E-state index in [2.05, 4.69) is 12.2 Å². The molecular weight excluding hydrogens is 221 g/mol. The number of hydrogen-bond acceptors (Lipinski definition) is 2. The molecule has 0 spiro atoms. The maximum absolute atomic E-state index is 12.9. The maximum atomic E-state index is 12.9. The van der Waals surface area contributed by atoms with Gasteiger partial charge in [-0.25, -0.2) is 4.39 Å². The number of carbonyl (C=O) groups excluding carboxylic acids is 1. The molecule has 0 saturated heterocycles. The van der Waals surface area contributed by atoms with Crippen LogP contribution in [0.5, 0.6) is 5.75 Å². The second-order valence-corrected chi connectivity index (χ2v) is 3.90. The van der Waals surface area contributed by atoms with Gasteiger partial charge in [-0.2, -0.15) is 0 Å². The van der Waals surface area contributed by atoms with Crippen molar-refractivity contribution in [1.29, 1.82) is 0 Å². The third-order valence-electron chi connectivity index (χ3n) is 2.36. The van der Waals surface area contributed by atoms with Crippen LogP contribution < -0.4 is 10.1 Å². The number of aryl methyl sites for hydroxylation is 1. The van der Waals surface area contributed by atoms with Gasteiger partial charge in [0.25, 0.3) is 5.91 Å². The van der Waals surface area contributed by atoms with E-state index in [4.69, 9.17) is 4.74 Å². The van der Waals surface area contributed by atoms with Crippen LogP contribution in [-0.2, 0) is 4.79 Å². The van der Waals surface area contributed by atoms with Crippen molar-refractivity contribution in [2.45, 2.75) is 26.7 Å². The number of amides is 1. The van der Waals surface area contributed by atoms with Crippen LogP contribution in [0.15, 0.2) is 18.2 Å². The highest BCUT2D eigenvalue weighted by Gasteiger charge is 2.05. The average molecular weight is 239 g/mol. The minimum Gasteiger partial charge on any atom is -0.483 e. The Morgan fingerprint density at radius 1 is 1.47 bits per heavy atom. The van der Waals surface area contributed by atoms with Gasteiger partial charge in [0.05, 0.1) is 0 Å². The van der Waals surface area contributed by atoms with Crippen molar-refractivity contribution in [2.75, 3.05) is 13.2 Å². The molecule has 3 nitrogen and oxygen atoms in total. The highest BCUT2D eigenvalue weighted by atomic mass is 19.1. The quantitative estimate of drug-likeness (QED) is 0.774. The lowest BCUT2D eigenvalue weighted by Gasteiger charge is -2.09. The van der Waals surface area contributed by atoms with Gasteiger partial charge >= 0.3 is 0 Å². The molecule has 0 fully saturated rings. The number of benzene rings is 1. The maximum Gasteiger partial charge on any atom is 0.257 e. The number of unbranched alkanes of at least 4 members (excludes halogenated alkanes) is 1. The Kier molecular flexibility index (Phi) is 5.46. The molecular formula is C13H18FNO2. The highest BCUT2D eigenvalue weighted by molar-refractivity contribution is 5.77. The standard InChI is InChI=1S/C13H18FNO2/c1-3-4-7-15-13(16)9-17-12-8-11(14)6-5-10(12)2/h5-6,8H,3-4,7,9H2,1-2H3,(H,15,16). The van der Waals surface area contributed by atoms with E-state index in [1.165, 1.54) is 12.1 Å². The molecule has 0 aromatic heterocycles. The molecule has 0 aliphatic heterocycles. The second kappa shape index (κ2) is 6.89. The topological polar surface area (TPSA) is 38.3 Å². The fraction of sp³-hybridized carbons (Fsp3) is 0.462. The first-order valence-corrected chi connectivity index (χ1v) is 5.79. The van der Waals surface area contributed by atoms with Crippen molar-refractivity contribution < 1.29 is 13.9 Å². The highest BCUT2D eigenvalue weighted by Crippen LogP contribution is 2.18. The zero-order chi connectivity index (χ0) is 12.7. The molecule has 0 heterocycles. The van der Waals surface area contributed by atoms with Crippen LogP contribution in [0.1, 0.15) is 25.3 Å². The monoisotopic (exact) mass is 239 g/mol. The summed E-state index contributed by atoms with van der Waals surface area (Å²) < 4.78 is 18.2. The molecule has 0 radical (unpaired) electrons. The van der Waals surface area contributed by atoms with Crippen molar-refractivity contribution in [2.24, 2.45) is 0 Å². The van der Waals surface area contributed by atoms with Crippen LogP contribution in [-0.4, -0.2) is 19.1 Å². The van der Waals surface area contributed by atoms with Crippen LogP contribution in [0, 0.1) is 12.7 Å². The summed E-state index contributed by atoms with van der Waals surface area (Å²) in [6, 6.07) is 4.28. The Morgan fingerprint density at radius 3 is 2.94 bits per heavy atom. The van der Waals surface area contributed by atoms with Gasteiger partial charge in [-0.15, -0.1) is 0 Å². The van der Waals surface area contributed by atoms with E-state index in [0.29, 0.717) is 12.3 Å². The number of rotatable bonds is 6. The number of ether oxygens (including phenoxy) is 1. The van der Waals surface area contributed by atoms with Gasteiger partial charge in [-0.3, -0.25) is 4.79 Å². The van der Waals surface area contributed by atoms with Gasteiger partial charge in [-0.1, -0.05) is 19.4 Å². The molecule has 1 N–H and O–H groups in total. The SMILES string of the molecule is CCCCNC(=O)COc1cc(F)ccc1C. The van der Waals surface area contributed by atoms with Gasteiger partial charge in [0, 0.05) is 12.6 Å². The van der Waals surface area contributed by atoms with E-state index >= 15 is 0 Å². The Hall–Kier alpha value is -1.58. The predicted molar refractivity (Wildman–Crippen MR) is 64.5 cm³/mol. The summed E-state index contributed by atoms with van der Waals surface area (Å²) in [4.78, 5) is 11.4. The Bertz CT molecular complexity index is 380. The minimum absolute atomic E-state index is 0.0754. The van der Waals surface area contributed by atoms with Crippen LogP contribution >= 0.6 is 0 Å². The van der Waals surface area contributed by atoms with Crippen molar-refractivity contribution in [1.82, 2.24) is 5.32 Å². The van der Waals surface area contributed by atoms with E-state index in [-0.39, 0.29) is 18.3 Å². The molecule has 0 saturated carbocycles. The summed E-state index contributed by atoms with van der Waals surface area (Å²) in [5.41, 5.74) is 0.813. The molecule has 1 rings (SSSR count). The molecule has 0 aliphatic rings. The molecule has 0 unspecified atom stereocenters. The summed E-state index contributed by atoms with van der Waals surface area (Å²) in [6.07, 6.45) is 1.98. The first-order valence-electron chi connectivity index (χ1n) is 5.79. The summed E-state index contributed by atoms with van der Waals surface area (Å²) in [6.45, 7) is 4.44. The van der Waals surface area contributed by atoms with Gasteiger partial charge in [-0.05, 0) is 25.0 Å². The minimum atomic E-state index is -0.364. The zero-order valence-electron chi connectivity index (χ0n) is 10.3. The molecule has 0 atom stereocenters. The fourth-order valence-electron chi connectivity index (χ4n) is 1.33. The second-order valence-electron chi connectivity index (χ2n) is 3.90. The lowest BCUT2D eigenvalue weighted by Crippen LogP contribution is -2.29. The van der Waals surface area contributed by atoms with Crippen molar-refractivity contribution in [3.05, 3.63) is 29.6 Å². The molecule has 94 valence electrons. The van der Waals surface area contributed by atoms with E-state index in [1.54, 1.807) is 6.07 Å².